The summed E-state index contributed by atoms with van der Waals surface area (Å²) in [7, 11) is 1.52. The van der Waals surface area contributed by atoms with Gasteiger partial charge in [-0.15, -0.1) is 0 Å². The topological polar surface area (TPSA) is 111 Å². The molecule has 7 rings (SSSR count). The van der Waals surface area contributed by atoms with Crippen molar-refractivity contribution in [3.05, 3.63) is 112 Å². The van der Waals surface area contributed by atoms with Crippen molar-refractivity contribution >= 4 is 17.5 Å². The number of nitrogens with zero attached hydrogens (tertiary/aromatic N) is 3. The number of anilines is 1. The molecule has 0 radical (unpaired) electrons. The number of para-hydroxylation sites is 1. The van der Waals surface area contributed by atoms with E-state index in [0.717, 1.165) is 11.1 Å². The number of hydroxylamine groups is 2. The largest absolute Gasteiger partial charge is 0.351 e. The Morgan fingerprint density at radius 1 is 0.854 bits per heavy atom. The number of fused-ring (bicyclic) bond motifs is 3. The molecule has 3 heterocycles. The van der Waals surface area contributed by atoms with E-state index in [-0.39, 0.29) is 24.2 Å². The molecule has 1 saturated carbocycles. The fourth-order valence-electron chi connectivity index (χ4n) is 7.50. The van der Waals surface area contributed by atoms with Crippen molar-refractivity contribution in [2.24, 2.45) is 17.8 Å². The quantitative estimate of drug-likeness (QED) is 0.261. The monoisotopic (exact) mass is 555 g/mol. The van der Waals surface area contributed by atoms with Gasteiger partial charge in [0.15, 0.2) is 5.79 Å². The molecule has 3 saturated heterocycles. The fourth-order valence-corrected chi connectivity index (χ4v) is 7.50. The molecule has 3 aliphatic heterocycles. The van der Waals surface area contributed by atoms with Gasteiger partial charge >= 0.3 is 6.23 Å². The lowest BCUT2D eigenvalue weighted by molar-refractivity contribution is -0.613. The summed E-state index contributed by atoms with van der Waals surface area (Å²) in [6.07, 6.45) is -0.957. The zero-order chi connectivity index (χ0) is 28.3. The summed E-state index contributed by atoms with van der Waals surface area (Å²) in [5, 5.41) is 13.6. The first kappa shape index (κ1) is 26.0. The molecule has 1 aliphatic carbocycles. The number of hydrogen-bond acceptors (Lipinski definition) is 8. The molecule has 41 heavy (non-hydrogen) atoms. The summed E-state index contributed by atoms with van der Waals surface area (Å²) in [6, 6.07) is 27.4. The summed E-state index contributed by atoms with van der Waals surface area (Å²) in [5.74, 6) is -4.53. The molecule has 10 nitrogen and oxygen atoms in total. The van der Waals surface area contributed by atoms with Crippen molar-refractivity contribution in [1.29, 1.82) is 0 Å². The van der Waals surface area contributed by atoms with Gasteiger partial charge in [-0.05, 0) is 29.7 Å². The van der Waals surface area contributed by atoms with Gasteiger partial charge in [0.25, 0.3) is 0 Å². The highest BCUT2D eigenvalue weighted by Gasteiger charge is 2.69. The Labute approximate surface area is 236 Å². The third kappa shape index (κ3) is 3.93. The number of nitro groups is 1. The van der Waals surface area contributed by atoms with Gasteiger partial charge in [0.2, 0.25) is 11.8 Å². The Morgan fingerprint density at radius 3 is 2.00 bits per heavy atom. The summed E-state index contributed by atoms with van der Waals surface area (Å²) in [4.78, 5) is 53.1. The molecule has 210 valence electrons. The Bertz CT molecular complexity index is 1470. The van der Waals surface area contributed by atoms with E-state index in [0.29, 0.717) is 12.1 Å². The van der Waals surface area contributed by atoms with E-state index in [9.17, 15) is 19.7 Å². The molecular weight excluding hydrogens is 526 g/mol. The molecule has 0 spiro atoms. The molecule has 2 amide bonds. The molecule has 0 N–H and O–H groups in total. The van der Waals surface area contributed by atoms with E-state index in [4.69, 9.17) is 14.4 Å². The number of carbonyl (C=O) groups is 2. The second-order valence-corrected chi connectivity index (χ2v) is 11.1. The Hall–Kier alpha value is -3.96. The number of amides is 2. The van der Waals surface area contributed by atoms with Gasteiger partial charge in [0.1, 0.15) is 5.92 Å². The van der Waals surface area contributed by atoms with Gasteiger partial charge in [-0.2, -0.15) is 4.84 Å². The second kappa shape index (κ2) is 9.85. The van der Waals surface area contributed by atoms with Gasteiger partial charge in [-0.25, -0.2) is 4.84 Å². The highest BCUT2D eigenvalue weighted by molar-refractivity contribution is 6.22. The molecule has 3 aromatic carbocycles. The minimum atomic E-state index is -1.39. The van der Waals surface area contributed by atoms with Crippen LogP contribution in [-0.4, -0.2) is 47.1 Å². The normalized spacial score (nSPS) is 34.7. The van der Waals surface area contributed by atoms with E-state index in [1.54, 1.807) is 24.3 Å². The van der Waals surface area contributed by atoms with E-state index < -0.39 is 46.7 Å². The molecule has 0 bridgehead atoms. The van der Waals surface area contributed by atoms with Crippen molar-refractivity contribution in [2.75, 3.05) is 12.0 Å². The van der Waals surface area contributed by atoms with E-state index in [1.807, 2.05) is 66.7 Å². The lowest BCUT2D eigenvalue weighted by Gasteiger charge is -2.55. The predicted octanol–water partition coefficient (Wildman–Crippen LogP) is 4.28. The van der Waals surface area contributed by atoms with Gasteiger partial charge < -0.3 is 4.74 Å². The maximum Gasteiger partial charge on any atom is 0.341 e. The van der Waals surface area contributed by atoms with Crippen LogP contribution in [0.15, 0.2) is 91.0 Å². The Kier molecular flexibility index (Phi) is 6.24. The first-order valence-electron chi connectivity index (χ1n) is 13.8. The van der Waals surface area contributed by atoms with Crippen LogP contribution in [0.25, 0.3) is 0 Å². The minimum Gasteiger partial charge on any atom is -0.351 e. The van der Waals surface area contributed by atoms with Crippen LogP contribution in [-0.2, 0) is 24.0 Å². The van der Waals surface area contributed by atoms with Crippen molar-refractivity contribution in [1.82, 2.24) is 5.23 Å². The zero-order valence-corrected chi connectivity index (χ0v) is 22.3. The Balaban J connectivity index is 1.35. The van der Waals surface area contributed by atoms with Gasteiger partial charge in [-0.1, -0.05) is 84.1 Å². The summed E-state index contributed by atoms with van der Waals surface area (Å²) in [5.41, 5.74) is 2.22. The third-order valence-corrected chi connectivity index (χ3v) is 9.25. The number of methoxy groups -OCH3 is 1. The van der Waals surface area contributed by atoms with Crippen molar-refractivity contribution in [3.63, 3.8) is 0 Å². The Morgan fingerprint density at radius 2 is 1.41 bits per heavy atom. The summed E-state index contributed by atoms with van der Waals surface area (Å²) >= 11 is 0. The standard InChI is InChI=1S/C31H29N3O7/c1-39-31-18-23-22(28(35)32(29(23)36)21-15-9-4-10-16-21)17-24(31)25(19-11-5-2-6-12-19)27-26(20-13-7-3-8-14-20)30(33(37)38)40-34(27)41-31/h2-16,22-27,30H,17-18H2,1H3/t22-,23+,24-,25-,26+,27-,30+,31-/m0/s1. The average molecular weight is 556 g/mol. The van der Waals surface area contributed by atoms with Crippen LogP contribution in [0.3, 0.4) is 0 Å². The maximum absolute atomic E-state index is 13.8. The number of rotatable bonds is 5. The molecule has 4 aliphatic rings. The number of imide groups is 1. The van der Waals surface area contributed by atoms with Crippen molar-refractivity contribution in [2.45, 2.75) is 42.7 Å². The van der Waals surface area contributed by atoms with Crippen LogP contribution in [0.2, 0.25) is 0 Å². The molecule has 8 atom stereocenters. The molecule has 3 aromatic rings. The lowest BCUT2D eigenvalue weighted by atomic mass is 9.61. The number of ether oxygens (including phenoxy) is 1. The SMILES string of the molecule is CO[C@]12C[C@H]3C(=O)N(c4ccccc4)C(=O)[C@H]3C[C@H]1[C@H](c1ccccc1)[C@H]1[C@@H](c3ccccc3)[C@H]([N+](=O)[O-])ON1O2. The third-order valence-electron chi connectivity index (χ3n) is 9.25. The average Bonchev–Trinajstić information content (AvgIpc) is 3.50. The highest BCUT2D eigenvalue weighted by atomic mass is 17.0. The molecule has 4 fully saturated rings. The van der Waals surface area contributed by atoms with Gasteiger partial charge in [0, 0.05) is 25.4 Å². The van der Waals surface area contributed by atoms with E-state index in [1.165, 1.54) is 17.2 Å². The minimum absolute atomic E-state index is 0.113. The van der Waals surface area contributed by atoms with Crippen molar-refractivity contribution in [3.8, 4) is 0 Å². The van der Waals surface area contributed by atoms with Crippen LogP contribution in [0, 0.1) is 27.9 Å². The van der Waals surface area contributed by atoms with Gasteiger partial charge in [0.05, 0.1) is 28.5 Å². The maximum atomic E-state index is 13.8. The summed E-state index contributed by atoms with van der Waals surface area (Å²) in [6.45, 7) is 0. The second-order valence-electron chi connectivity index (χ2n) is 11.1. The van der Waals surface area contributed by atoms with Crippen LogP contribution >= 0.6 is 0 Å². The highest BCUT2D eigenvalue weighted by Crippen LogP contribution is 2.60. The summed E-state index contributed by atoms with van der Waals surface area (Å²) < 4.78 is 6.12. The number of benzene rings is 3. The number of carbonyl (C=O) groups excluding carboxylic acids is 2. The predicted molar refractivity (Wildman–Crippen MR) is 145 cm³/mol. The van der Waals surface area contributed by atoms with Crippen LogP contribution in [0.4, 0.5) is 5.69 Å². The lowest BCUT2D eigenvalue weighted by Crippen LogP contribution is -2.62. The zero-order valence-electron chi connectivity index (χ0n) is 22.3. The molecule has 0 aromatic heterocycles. The molecule has 0 unspecified atom stereocenters. The molecule has 10 heteroatoms. The van der Waals surface area contributed by atoms with Crippen LogP contribution in [0.1, 0.15) is 35.8 Å². The first-order valence-corrected chi connectivity index (χ1v) is 13.8. The smallest absolute Gasteiger partial charge is 0.341 e. The molecular formula is C31H29N3O7. The fraction of sp³-hybridized carbons (Fsp3) is 0.355. The number of hydrogen-bond donors (Lipinski definition) is 0. The van der Waals surface area contributed by atoms with E-state index in [2.05, 4.69) is 0 Å². The van der Waals surface area contributed by atoms with Gasteiger partial charge in [-0.3, -0.25) is 24.6 Å². The van der Waals surface area contributed by atoms with Crippen molar-refractivity contribution < 1.29 is 28.9 Å². The first-order chi connectivity index (χ1) is 19.9. The van der Waals surface area contributed by atoms with E-state index >= 15 is 0 Å². The van der Waals surface area contributed by atoms with Crippen LogP contribution < -0.4 is 4.90 Å². The van der Waals surface area contributed by atoms with Crippen LogP contribution in [0.5, 0.6) is 0 Å².